The molecule has 0 radical (unpaired) electrons. The van der Waals surface area contributed by atoms with Crippen LogP contribution in [0.25, 0.3) is 6.08 Å². The maximum atomic E-state index is 5.91. The smallest absolute Gasteiger partial charge is 0.0269 e. The van der Waals surface area contributed by atoms with E-state index in [9.17, 15) is 0 Å². The number of hydrogen-bond donors (Lipinski definition) is 1. The molecule has 0 saturated heterocycles. The molecule has 1 aliphatic carbocycles. The van der Waals surface area contributed by atoms with E-state index < -0.39 is 0 Å². The van der Waals surface area contributed by atoms with Gasteiger partial charge in [-0.05, 0) is 36.5 Å². The highest BCUT2D eigenvalue weighted by molar-refractivity contribution is 5.58. The summed E-state index contributed by atoms with van der Waals surface area (Å²) in [6.07, 6.45) is 6.72. The zero-order valence-corrected chi connectivity index (χ0v) is 7.96. The Morgan fingerprint density at radius 3 is 3.00 bits per heavy atom. The largest absolute Gasteiger partial charge is 0.324 e. The van der Waals surface area contributed by atoms with E-state index in [1.165, 1.54) is 16.7 Å². The van der Waals surface area contributed by atoms with E-state index in [0.717, 1.165) is 12.8 Å². The van der Waals surface area contributed by atoms with E-state index in [0.29, 0.717) is 0 Å². The Balaban J connectivity index is 2.53. The predicted molar refractivity (Wildman–Crippen MR) is 56.4 cm³/mol. The average molecular weight is 173 g/mol. The van der Waals surface area contributed by atoms with E-state index in [-0.39, 0.29) is 6.04 Å². The molecule has 0 aromatic heterocycles. The quantitative estimate of drug-likeness (QED) is 0.694. The minimum atomic E-state index is 0.154. The van der Waals surface area contributed by atoms with Gasteiger partial charge in [-0.3, -0.25) is 0 Å². The van der Waals surface area contributed by atoms with Crippen LogP contribution in [0.5, 0.6) is 0 Å². The molecule has 0 spiro atoms. The van der Waals surface area contributed by atoms with Crippen LogP contribution in [0.1, 0.15) is 36.1 Å². The Morgan fingerprint density at radius 2 is 2.23 bits per heavy atom. The number of rotatable bonds is 1. The molecule has 1 atom stereocenters. The molecule has 13 heavy (non-hydrogen) atoms. The number of allylic oxidation sites excluding steroid dienone is 1. The van der Waals surface area contributed by atoms with Crippen LogP contribution in [-0.2, 0) is 6.42 Å². The second kappa shape index (κ2) is 3.35. The SMILES string of the molecule is C[C@@H](N)c1cccc2c1CCC=C2. The van der Waals surface area contributed by atoms with Crippen LogP contribution in [0.15, 0.2) is 24.3 Å². The normalized spacial score (nSPS) is 16.8. The first-order chi connectivity index (χ1) is 6.29. The van der Waals surface area contributed by atoms with Crippen molar-refractivity contribution in [3.63, 3.8) is 0 Å². The number of nitrogens with two attached hydrogens (primary N) is 1. The van der Waals surface area contributed by atoms with Crippen molar-refractivity contribution >= 4 is 6.08 Å². The van der Waals surface area contributed by atoms with Crippen LogP contribution in [0.2, 0.25) is 0 Å². The van der Waals surface area contributed by atoms with E-state index in [4.69, 9.17) is 5.73 Å². The van der Waals surface area contributed by atoms with Crippen LogP contribution in [-0.4, -0.2) is 0 Å². The van der Waals surface area contributed by atoms with Gasteiger partial charge in [0.05, 0.1) is 0 Å². The number of benzene rings is 1. The second-order valence-corrected chi connectivity index (χ2v) is 3.64. The molecular formula is C12H15N. The molecule has 0 heterocycles. The summed E-state index contributed by atoms with van der Waals surface area (Å²) < 4.78 is 0. The van der Waals surface area contributed by atoms with Crippen LogP contribution < -0.4 is 5.73 Å². The van der Waals surface area contributed by atoms with E-state index in [1.807, 2.05) is 6.92 Å². The summed E-state index contributed by atoms with van der Waals surface area (Å²) in [6, 6.07) is 6.55. The standard InChI is InChI=1S/C12H15N/c1-9(13)11-8-4-6-10-5-2-3-7-12(10)11/h2,4-6,8-9H,3,7,13H2,1H3/t9-/m1/s1. The zero-order chi connectivity index (χ0) is 9.26. The number of hydrogen-bond acceptors (Lipinski definition) is 1. The van der Waals surface area contributed by atoms with Crippen molar-refractivity contribution < 1.29 is 0 Å². The van der Waals surface area contributed by atoms with Crippen LogP contribution in [0, 0.1) is 0 Å². The summed E-state index contributed by atoms with van der Waals surface area (Å²) >= 11 is 0. The van der Waals surface area contributed by atoms with Crippen molar-refractivity contribution in [1.29, 1.82) is 0 Å². The second-order valence-electron chi connectivity index (χ2n) is 3.64. The highest BCUT2D eigenvalue weighted by atomic mass is 14.6. The molecule has 1 aromatic carbocycles. The van der Waals surface area contributed by atoms with Gasteiger partial charge < -0.3 is 5.73 Å². The predicted octanol–water partition coefficient (Wildman–Crippen LogP) is 2.67. The lowest BCUT2D eigenvalue weighted by molar-refractivity contribution is 0.791. The van der Waals surface area contributed by atoms with Crippen molar-refractivity contribution in [2.24, 2.45) is 5.73 Å². The molecule has 0 saturated carbocycles. The van der Waals surface area contributed by atoms with Gasteiger partial charge in [-0.1, -0.05) is 30.4 Å². The third kappa shape index (κ3) is 1.52. The molecule has 0 amide bonds. The fourth-order valence-electron chi connectivity index (χ4n) is 1.93. The van der Waals surface area contributed by atoms with Gasteiger partial charge in [0.25, 0.3) is 0 Å². The minimum absolute atomic E-state index is 0.154. The van der Waals surface area contributed by atoms with Gasteiger partial charge in [-0.15, -0.1) is 0 Å². The lowest BCUT2D eigenvalue weighted by Crippen LogP contribution is -2.10. The van der Waals surface area contributed by atoms with Crippen molar-refractivity contribution in [1.82, 2.24) is 0 Å². The van der Waals surface area contributed by atoms with Gasteiger partial charge in [0.2, 0.25) is 0 Å². The topological polar surface area (TPSA) is 26.0 Å². The Bertz CT molecular complexity index is 337. The van der Waals surface area contributed by atoms with Gasteiger partial charge in [-0.25, -0.2) is 0 Å². The molecule has 2 rings (SSSR count). The van der Waals surface area contributed by atoms with E-state index in [2.05, 4.69) is 30.4 Å². The molecule has 1 aliphatic rings. The molecule has 0 unspecified atom stereocenters. The average Bonchev–Trinajstić information content (AvgIpc) is 2.17. The van der Waals surface area contributed by atoms with Crippen LogP contribution in [0.4, 0.5) is 0 Å². The molecule has 0 aliphatic heterocycles. The van der Waals surface area contributed by atoms with E-state index in [1.54, 1.807) is 0 Å². The lowest BCUT2D eigenvalue weighted by Gasteiger charge is -2.17. The van der Waals surface area contributed by atoms with Gasteiger partial charge in [0, 0.05) is 6.04 Å². The van der Waals surface area contributed by atoms with Gasteiger partial charge >= 0.3 is 0 Å². The van der Waals surface area contributed by atoms with Crippen LogP contribution >= 0.6 is 0 Å². The maximum Gasteiger partial charge on any atom is 0.0269 e. The monoisotopic (exact) mass is 173 g/mol. The first-order valence-electron chi connectivity index (χ1n) is 4.83. The van der Waals surface area contributed by atoms with Gasteiger partial charge in [0.1, 0.15) is 0 Å². The minimum Gasteiger partial charge on any atom is -0.324 e. The first kappa shape index (κ1) is 8.52. The highest BCUT2D eigenvalue weighted by Crippen LogP contribution is 2.25. The summed E-state index contributed by atoms with van der Waals surface area (Å²) in [6.45, 7) is 2.05. The summed E-state index contributed by atoms with van der Waals surface area (Å²) in [4.78, 5) is 0. The Morgan fingerprint density at radius 1 is 1.38 bits per heavy atom. The van der Waals surface area contributed by atoms with E-state index >= 15 is 0 Å². The van der Waals surface area contributed by atoms with Gasteiger partial charge in [0.15, 0.2) is 0 Å². The Labute approximate surface area is 79.3 Å². The number of fused-ring (bicyclic) bond motifs is 1. The molecule has 1 nitrogen and oxygen atoms in total. The molecule has 1 aromatic rings. The maximum absolute atomic E-state index is 5.91. The van der Waals surface area contributed by atoms with Crippen molar-refractivity contribution in [3.8, 4) is 0 Å². The van der Waals surface area contributed by atoms with Crippen molar-refractivity contribution in [3.05, 3.63) is 41.0 Å². The molecule has 0 fully saturated rings. The Kier molecular flexibility index (Phi) is 2.19. The molecule has 2 N–H and O–H groups in total. The van der Waals surface area contributed by atoms with Crippen molar-refractivity contribution in [2.45, 2.75) is 25.8 Å². The molecular weight excluding hydrogens is 158 g/mol. The van der Waals surface area contributed by atoms with Crippen molar-refractivity contribution in [2.75, 3.05) is 0 Å². The molecule has 1 heteroatoms. The first-order valence-corrected chi connectivity index (χ1v) is 4.83. The summed E-state index contributed by atoms with van der Waals surface area (Å²) in [5, 5.41) is 0. The third-order valence-electron chi connectivity index (χ3n) is 2.60. The summed E-state index contributed by atoms with van der Waals surface area (Å²) in [5.74, 6) is 0. The summed E-state index contributed by atoms with van der Waals surface area (Å²) in [5.41, 5.74) is 10.0. The highest BCUT2D eigenvalue weighted by Gasteiger charge is 2.11. The van der Waals surface area contributed by atoms with Gasteiger partial charge in [-0.2, -0.15) is 0 Å². The van der Waals surface area contributed by atoms with Crippen LogP contribution in [0.3, 0.4) is 0 Å². The fourth-order valence-corrected chi connectivity index (χ4v) is 1.93. The molecule has 0 bridgehead atoms. The summed E-state index contributed by atoms with van der Waals surface area (Å²) in [7, 11) is 0. The molecule has 68 valence electrons. The Hall–Kier alpha value is -1.08. The third-order valence-corrected chi connectivity index (χ3v) is 2.60. The fraction of sp³-hybridized carbons (Fsp3) is 0.333. The zero-order valence-electron chi connectivity index (χ0n) is 7.96. The lowest BCUT2D eigenvalue weighted by atomic mass is 9.90.